The molecule has 2 aromatic heterocycles. The van der Waals surface area contributed by atoms with Crippen molar-refractivity contribution in [3.63, 3.8) is 0 Å². The molecule has 0 radical (unpaired) electrons. The van der Waals surface area contributed by atoms with Gasteiger partial charge >= 0.3 is 0 Å². The predicted octanol–water partition coefficient (Wildman–Crippen LogP) is 4.98. The highest BCUT2D eigenvalue weighted by Gasteiger charge is 2.12. The van der Waals surface area contributed by atoms with E-state index < -0.39 is 0 Å². The topological polar surface area (TPSA) is 51.8 Å². The summed E-state index contributed by atoms with van der Waals surface area (Å²) >= 11 is 8.46. The Bertz CT molecular complexity index is 771. The number of nitrogens with two attached hydrogens (primary N) is 1. The van der Waals surface area contributed by atoms with Crippen LogP contribution in [0, 0.1) is 0 Å². The average molecular weight is 411 g/mol. The number of pyridine rings is 1. The third kappa shape index (κ3) is 2.63. The molecule has 0 spiro atoms. The molecule has 0 amide bonds. The number of halogens is 2. The molecule has 3 nitrogen and oxygen atoms in total. The molecule has 0 fully saturated rings. The van der Waals surface area contributed by atoms with Crippen molar-refractivity contribution >= 4 is 48.9 Å². The Kier molecular flexibility index (Phi) is 3.87. The van der Waals surface area contributed by atoms with Gasteiger partial charge < -0.3 is 5.73 Å². The Morgan fingerprint density at radius 1 is 1.15 bits per heavy atom. The van der Waals surface area contributed by atoms with Crippen molar-refractivity contribution in [2.24, 2.45) is 0 Å². The molecule has 0 aliphatic rings. The zero-order chi connectivity index (χ0) is 14.1. The summed E-state index contributed by atoms with van der Waals surface area (Å²) in [6.07, 6.45) is 1.76. The maximum atomic E-state index is 5.98. The summed E-state index contributed by atoms with van der Waals surface area (Å²) in [6.45, 7) is 0. The molecule has 100 valence electrons. The predicted molar refractivity (Wildman–Crippen MR) is 90.6 cm³/mol. The fourth-order valence-corrected chi connectivity index (χ4v) is 3.94. The highest BCUT2D eigenvalue weighted by molar-refractivity contribution is 9.11. The van der Waals surface area contributed by atoms with Crippen LogP contribution in [0.5, 0.6) is 0 Å². The first-order valence-corrected chi connectivity index (χ1v) is 8.23. The van der Waals surface area contributed by atoms with E-state index in [0.717, 1.165) is 36.6 Å². The Morgan fingerprint density at radius 2 is 1.95 bits per heavy atom. The number of hydrogen-bond acceptors (Lipinski definition) is 4. The molecule has 0 bridgehead atoms. The maximum Gasteiger partial charge on any atom is 0.143 e. The summed E-state index contributed by atoms with van der Waals surface area (Å²) in [4.78, 5) is 9.03. The summed E-state index contributed by atoms with van der Waals surface area (Å²) in [7, 11) is 0. The minimum Gasteiger partial charge on any atom is -0.398 e. The van der Waals surface area contributed by atoms with Crippen molar-refractivity contribution in [3.8, 4) is 22.0 Å². The number of nitrogens with zero attached hydrogens (tertiary/aromatic N) is 2. The van der Waals surface area contributed by atoms with Crippen LogP contribution in [-0.4, -0.2) is 9.97 Å². The van der Waals surface area contributed by atoms with Gasteiger partial charge in [0.15, 0.2) is 0 Å². The van der Waals surface area contributed by atoms with E-state index in [-0.39, 0.29) is 0 Å². The minimum atomic E-state index is 0.729. The van der Waals surface area contributed by atoms with Crippen LogP contribution in [0.15, 0.2) is 50.9 Å². The zero-order valence-electron chi connectivity index (χ0n) is 10.2. The molecule has 3 rings (SSSR count). The van der Waals surface area contributed by atoms with Crippen molar-refractivity contribution in [1.29, 1.82) is 0 Å². The molecule has 20 heavy (non-hydrogen) atoms. The fraction of sp³-hybridized carbons (Fsp3) is 0. The van der Waals surface area contributed by atoms with Crippen LogP contribution in [0.4, 0.5) is 5.69 Å². The Hall–Kier alpha value is -1.24. The van der Waals surface area contributed by atoms with Gasteiger partial charge in [-0.15, -0.1) is 11.3 Å². The van der Waals surface area contributed by atoms with E-state index in [4.69, 9.17) is 5.73 Å². The molecule has 0 saturated heterocycles. The molecule has 1 aromatic carbocycles. The lowest BCUT2D eigenvalue weighted by atomic mass is 10.1. The van der Waals surface area contributed by atoms with Gasteiger partial charge in [0, 0.05) is 31.8 Å². The maximum absolute atomic E-state index is 5.98. The van der Waals surface area contributed by atoms with Gasteiger partial charge in [0.1, 0.15) is 10.7 Å². The van der Waals surface area contributed by atoms with E-state index in [2.05, 4.69) is 41.8 Å². The molecule has 0 aliphatic heterocycles. The lowest BCUT2D eigenvalue weighted by Crippen LogP contribution is -1.90. The van der Waals surface area contributed by atoms with E-state index in [1.54, 1.807) is 17.5 Å². The second-order valence-electron chi connectivity index (χ2n) is 4.11. The summed E-state index contributed by atoms with van der Waals surface area (Å²) < 4.78 is 1.84. The second kappa shape index (κ2) is 5.63. The van der Waals surface area contributed by atoms with Gasteiger partial charge in [-0.3, -0.25) is 4.98 Å². The molecular weight excluding hydrogens is 402 g/mol. The van der Waals surface area contributed by atoms with Crippen molar-refractivity contribution < 1.29 is 0 Å². The van der Waals surface area contributed by atoms with Crippen molar-refractivity contribution in [2.45, 2.75) is 0 Å². The standard InChI is InChI=1S/C14H9Br2N3S/c15-8-5-10(16)13(18-6-8)14-19-12(7-20-14)9-3-1-2-4-11(9)17/h1-7H,17H2. The Balaban J connectivity index is 2.04. The molecule has 6 heteroatoms. The number of thiazole rings is 1. The first-order valence-electron chi connectivity index (χ1n) is 5.77. The second-order valence-corrected chi connectivity index (χ2v) is 6.74. The number of nitrogen functional groups attached to an aromatic ring is 1. The third-order valence-corrected chi connectivity index (χ3v) is 4.64. The van der Waals surface area contributed by atoms with Gasteiger partial charge in [0.25, 0.3) is 0 Å². The molecule has 0 aliphatic carbocycles. The van der Waals surface area contributed by atoms with Crippen LogP contribution >= 0.6 is 43.2 Å². The van der Waals surface area contributed by atoms with Crippen LogP contribution in [0.25, 0.3) is 22.0 Å². The summed E-state index contributed by atoms with van der Waals surface area (Å²) in [5.41, 5.74) is 9.37. The summed E-state index contributed by atoms with van der Waals surface area (Å²) in [5.74, 6) is 0. The van der Waals surface area contributed by atoms with E-state index >= 15 is 0 Å². The van der Waals surface area contributed by atoms with Gasteiger partial charge in [-0.25, -0.2) is 4.98 Å². The van der Waals surface area contributed by atoms with E-state index in [1.807, 2.05) is 35.7 Å². The Labute approximate surface area is 137 Å². The first kappa shape index (κ1) is 13.7. The molecule has 0 atom stereocenters. The van der Waals surface area contributed by atoms with Crippen molar-refractivity contribution in [3.05, 3.63) is 50.9 Å². The van der Waals surface area contributed by atoms with Crippen LogP contribution in [0.2, 0.25) is 0 Å². The van der Waals surface area contributed by atoms with Gasteiger partial charge in [-0.05, 0) is 44.0 Å². The van der Waals surface area contributed by atoms with Crippen LogP contribution < -0.4 is 5.73 Å². The minimum absolute atomic E-state index is 0.729. The Morgan fingerprint density at radius 3 is 2.70 bits per heavy atom. The van der Waals surface area contributed by atoms with Gasteiger partial charge in [-0.1, -0.05) is 18.2 Å². The number of benzene rings is 1. The third-order valence-electron chi connectivity index (χ3n) is 2.75. The number of anilines is 1. The zero-order valence-corrected chi connectivity index (χ0v) is 14.2. The molecule has 3 aromatic rings. The lowest BCUT2D eigenvalue weighted by molar-refractivity contribution is 1.26. The number of rotatable bonds is 2. The smallest absolute Gasteiger partial charge is 0.143 e. The lowest BCUT2D eigenvalue weighted by Gasteiger charge is -2.02. The van der Waals surface area contributed by atoms with Gasteiger partial charge in [0.05, 0.1) is 5.69 Å². The van der Waals surface area contributed by atoms with Gasteiger partial charge in [-0.2, -0.15) is 0 Å². The van der Waals surface area contributed by atoms with Crippen molar-refractivity contribution in [2.75, 3.05) is 5.73 Å². The SMILES string of the molecule is Nc1ccccc1-c1csc(-c2ncc(Br)cc2Br)n1. The van der Waals surface area contributed by atoms with E-state index in [1.165, 1.54) is 0 Å². The van der Waals surface area contributed by atoms with Gasteiger partial charge in [0.2, 0.25) is 0 Å². The van der Waals surface area contributed by atoms with Crippen LogP contribution in [-0.2, 0) is 0 Å². The highest BCUT2D eigenvalue weighted by atomic mass is 79.9. The monoisotopic (exact) mass is 409 g/mol. The first-order chi connectivity index (χ1) is 9.65. The number of para-hydroxylation sites is 1. The summed E-state index contributed by atoms with van der Waals surface area (Å²) in [6, 6.07) is 9.68. The molecule has 2 N–H and O–H groups in total. The molecule has 0 unspecified atom stereocenters. The normalized spacial score (nSPS) is 10.7. The average Bonchev–Trinajstić information content (AvgIpc) is 2.88. The highest BCUT2D eigenvalue weighted by Crippen LogP contribution is 2.34. The molecule has 0 saturated carbocycles. The number of aromatic nitrogens is 2. The fourth-order valence-electron chi connectivity index (χ4n) is 1.81. The molecule has 2 heterocycles. The largest absolute Gasteiger partial charge is 0.398 e. The number of hydrogen-bond donors (Lipinski definition) is 1. The van der Waals surface area contributed by atoms with E-state index in [0.29, 0.717) is 0 Å². The van der Waals surface area contributed by atoms with Crippen LogP contribution in [0.3, 0.4) is 0 Å². The quantitative estimate of drug-likeness (QED) is 0.606. The summed E-state index contributed by atoms with van der Waals surface area (Å²) in [5, 5.41) is 2.86. The molecular formula is C14H9Br2N3S. The van der Waals surface area contributed by atoms with Crippen LogP contribution in [0.1, 0.15) is 0 Å². The van der Waals surface area contributed by atoms with Crippen molar-refractivity contribution in [1.82, 2.24) is 9.97 Å². The van der Waals surface area contributed by atoms with E-state index in [9.17, 15) is 0 Å².